The summed E-state index contributed by atoms with van der Waals surface area (Å²) in [5, 5.41) is 10.9. The van der Waals surface area contributed by atoms with Crippen molar-refractivity contribution in [3.05, 3.63) is 22.7 Å². The third-order valence-electron chi connectivity index (χ3n) is 4.74. The van der Waals surface area contributed by atoms with E-state index in [0.717, 1.165) is 31.4 Å². The highest BCUT2D eigenvalue weighted by Gasteiger charge is 2.24. The largest absolute Gasteiger partial charge is 0.356 e. The number of carbonyl (C=O) groups is 2. The molecule has 0 saturated carbocycles. The lowest BCUT2D eigenvalue weighted by molar-refractivity contribution is -0.133. The zero-order valence-corrected chi connectivity index (χ0v) is 16.5. The number of nitrogens with one attached hydrogen (secondary N) is 1. The number of nitrogens with zero attached hydrogens (tertiary/aromatic N) is 3. The van der Waals surface area contributed by atoms with Gasteiger partial charge in [0, 0.05) is 49.8 Å². The number of carbonyl (C=O) groups excluding carboxylic acids is 2. The standard InChI is InChI=1S/C19H26N4O3S/c1-2-4-16(24)20-11-14-5-3-9-23(12-14)18(25)7-6-17-21-19(22-26-17)15-8-10-27-13-15/h8,10,13-14H,2-7,9,11-12H2,1H3,(H,20,24)/t14-/m0/s1. The lowest BCUT2D eigenvalue weighted by atomic mass is 9.97. The second-order valence-corrected chi connectivity index (χ2v) is 7.71. The van der Waals surface area contributed by atoms with E-state index in [1.54, 1.807) is 11.3 Å². The van der Waals surface area contributed by atoms with E-state index >= 15 is 0 Å². The highest BCUT2D eigenvalue weighted by molar-refractivity contribution is 7.08. The first-order chi connectivity index (χ1) is 13.2. The molecule has 8 heteroatoms. The van der Waals surface area contributed by atoms with Crippen molar-refractivity contribution in [1.82, 2.24) is 20.4 Å². The molecule has 27 heavy (non-hydrogen) atoms. The molecule has 2 aromatic rings. The molecular weight excluding hydrogens is 364 g/mol. The molecule has 0 radical (unpaired) electrons. The summed E-state index contributed by atoms with van der Waals surface area (Å²) in [5.41, 5.74) is 0.935. The average molecular weight is 391 g/mol. The van der Waals surface area contributed by atoms with Gasteiger partial charge < -0.3 is 14.7 Å². The Morgan fingerprint density at radius 1 is 1.41 bits per heavy atom. The van der Waals surface area contributed by atoms with Crippen LogP contribution in [0.25, 0.3) is 11.4 Å². The van der Waals surface area contributed by atoms with Crippen LogP contribution >= 0.6 is 11.3 Å². The van der Waals surface area contributed by atoms with Gasteiger partial charge in [0.1, 0.15) is 0 Å². The number of likely N-dealkylation sites (tertiary alicyclic amines) is 1. The van der Waals surface area contributed by atoms with Crippen LogP contribution < -0.4 is 5.32 Å². The highest BCUT2D eigenvalue weighted by atomic mass is 32.1. The number of hydrogen-bond acceptors (Lipinski definition) is 6. The first-order valence-corrected chi connectivity index (χ1v) is 10.5. The summed E-state index contributed by atoms with van der Waals surface area (Å²) in [6, 6.07) is 1.94. The maximum Gasteiger partial charge on any atom is 0.227 e. The van der Waals surface area contributed by atoms with E-state index in [9.17, 15) is 9.59 Å². The smallest absolute Gasteiger partial charge is 0.227 e. The van der Waals surface area contributed by atoms with Crippen LogP contribution in [0.1, 0.15) is 44.9 Å². The number of amides is 2. The van der Waals surface area contributed by atoms with Crippen LogP contribution in [0, 0.1) is 5.92 Å². The van der Waals surface area contributed by atoms with Gasteiger partial charge in [-0.15, -0.1) is 0 Å². The van der Waals surface area contributed by atoms with Crippen LogP contribution in [0.4, 0.5) is 0 Å². The lowest BCUT2D eigenvalue weighted by Gasteiger charge is -2.33. The normalized spacial score (nSPS) is 17.1. The van der Waals surface area contributed by atoms with Crippen LogP contribution in [0.2, 0.25) is 0 Å². The Balaban J connectivity index is 1.44. The van der Waals surface area contributed by atoms with Gasteiger partial charge in [-0.25, -0.2) is 0 Å². The second kappa shape index (κ2) is 9.64. The van der Waals surface area contributed by atoms with Gasteiger partial charge in [0.25, 0.3) is 0 Å². The molecule has 2 aromatic heterocycles. The Labute approximate surface area is 163 Å². The summed E-state index contributed by atoms with van der Waals surface area (Å²) >= 11 is 1.58. The fourth-order valence-electron chi connectivity index (χ4n) is 3.27. The van der Waals surface area contributed by atoms with Gasteiger partial charge >= 0.3 is 0 Å². The van der Waals surface area contributed by atoms with Crippen molar-refractivity contribution in [3.8, 4) is 11.4 Å². The number of rotatable bonds is 8. The van der Waals surface area contributed by atoms with Crippen molar-refractivity contribution in [2.24, 2.45) is 5.92 Å². The first-order valence-electron chi connectivity index (χ1n) is 9.55. The van der Waals surface area contributed by atoms with Crippen LogP contribution in [-0.4, -0.2) is 46.5 Å². The number of piperidine rings is 1. The molecule has 0 bridgehead atoms. The lowest BCUT2D eigenvalue weighted by Crippen LogP contribution is -2.43. The summed E-state index contributed by atoms with van der Waals surface area (Å²) in [6.45, 7) is 4.13. The minimum atomic E-state index is 0.0961. The minimum absolute atomic E-state index is 0.0961. The number of thiophene rings is 1. The SMILES string of the molecule is CCCC(=O)NC[C@@H]1CCCN(C(=O)CCc2nc(-c3ccsc3)no2)C1. The molecule has 0 spiro atoms. The molecule has 146 valence electrons. The molecule has 1 fully saturated rings. The fourth-order valence-corrected chi connectivity index (χ4v) is 3.90. The average Bonchev–Trinajstić information content (AvgIpc) is 3.36. The molecule has 3 heterocycles. The molecule has 7 nitrogen and oxygen atoms in total. The third kappa shape index (κ3) is 5.63. The monoisotopic (exact) mass is 390 g/mol. The van der Waals surface area contributed by atoms with E-state index in [2.05, 4.69) is 15.5 Å². The van der Waals surface area contributed by atoms with Gasteiger partial charge in [0.15, 0.2) is 0 Å². The summed E-state index contributed by atoms with van der Waals surface area (Å²) < 4.78 is 5.26. The van der Waals surface area contributed by atoms with Crippen molar-refractivity contribution in [2.45, 2.75) is 45.4 Å². The van der Waals surface area contributed by atoms with Crippen molar-refractivity contribution in [3.63, 3.8) is 0 Å². The molecule has 1 aliphatic heterocycles. The second-order valence-electron chi connectivity index (χ2n) is 6.93. The van der Waals surface area contributed by atoms with Crippen molar-refractivity contribution in [1.29, 1.82) is 0 Å². The Morgan fingerprint density at radius 3 is 3.07 bits per heavy atom. The van der Waals surface area contributed by atoms with E-state index in [0.29, 0.717) is 50.0 Å². The zero-order chi connectivity index (χ0) is 19.1. The Morgan fingerprint density at radius 2 is 2.30 bits per heavy atom. The van der Waals surface area contributed by atoms with Crippen molar-refractivity contribution < 1.29 is 14.1 Å². The molecule has 2 amide bonds. The van der Waals surface area contributed by atoms with Crippen molar-refractivity contribution >= 4 is 23.2 Å². The van der Waals surface area contributed by atoms with Crippen LogP contribution in [-0.2, 0) is 16.0 Å². The predicted molar refractivity (Wildman–Crippen MR) is 103 cm³/mol. The molecule has 0 aliphatic carbocycles. The molecule has 0 aromatic carbocycles. The van der Waals surface area contributed by atoms with E-state index in [-0.39, 0.29) is 11.8 Å². The number of aromatic nitrogens is 2. The first kappa shape index (κ1) is 19.5. The molecule has 1 atom stereocenters. The van der Waals surface area contributed by atoms with Gasteiger partial charge in [0.2, 0.25) is 23.5 Å². The summed E-state index contributed by atoms with van der Waals surface area (Å²) in [5.74, 6) is 1.59. The molecule has 1 saturated heterocycles. The van der Waals surface area contributed by atoms with Gasteiger partial charge in [-0.3, -0.25) is 9.59 Å². The summed E-state index contributed by atoms with van der Waals surface area (Å²) in [6.07, 6.45) is 4.25. The Kier molecular flexibility index (Phi) is 6.98. The zero-order valence-electron chi connectivity index (χ0n) is 15.6. The highest BCUT2D eigenvalue weighted by Crippen LogP contribution is 2.20. The van der Waals surface area contributed by atoms with Crippen molar-refractivity contribution in [2.75, 3.05) is 19.6 Å². The number of aryl methyl sites for hydroxylation is 1. The van der Waals surface area contributed by atoms with Gasteiger partial charge in [-0.05, 0) is 36.6 Å². The van der Waals surface area contributed by atoms with E-state index in [1.165, 1.54) is 0 Å². The maximum atomic E-state index is 12.5. The van der Waals surface area contributed by atoms with Gasteiger partial charge in [-0.2, -0.15) is 16.3 Å². The molecule has 1 N–H and O–H groups in total. The Hall–Kier alpha value is -2.22. The quantitative estimate of drug-likeness (QED) is 0.749. The minimum Gasteiger partial charge on any atom is -0.356 e. The predicted octanol–water partition coefficient (Wildman–Crippen LogP) is 2.89. The van der Waals surface area contributed by atoms with Crippen LogP contribution in [0.5, 0.6) is 0 Å². The molecule has 1 aliphatic rings. The van der Waals surface area contributed by atoms with Crippen LogP contribution in [0.3, 0.4) is 0 Å². The number of hydrogen-bond donors (Lipinski definition) is 1. The van der Waals surface area contributed by atoms with E-state index in [1.807, 2.05) is 28.7 Å². The molecule has 0 unspecified atom stereocenters. The van der Waals surface area contributed by atoms with E-state index in [4.69, 9.17) is 4.52 Å². The summed E-state index contributed by atoms with van der Waals surface area (Å²) in [4.78, 5) is 30.4. The molecule has 3 rings (SSSR count). The third-order valence-corrected chi connectivity index (χ3v) is 5.42. The maximum absolute atomic E-state index is 12.5. The van der Waals surface area contributed by atoms with E-state index < -0.39 is 0 Å². The molecular formula is C19H26N4O3S. The topological polar surface area (TPSA) is 88.3 Å². The Bertz CT molecular complexity index is 744. The fraction of sp³-hybridized carbons (Fsp3) is 0.579. The van der Waals surface area contributed by atoms with Gasteiger partial charge in [0.05, 0.1) is 0 Å². The summed E-state index contributed by atoms with van der Waals surface area (Å²) in [7, 11) is 0. The van der Waals surface area contributed by atoms with Gasteiger partial charge in [-0.1, -0.05) is 12.1 Å². The van der Waals surface area contributed by atoms with Crippen LogP contribution in [0.15, 0.2) is 21.3 Å².